The highest BCUT2D eigenvalue weighted by atomic mass is 16.5. The van der Waals surface area contributed by atoms with E-state index < -0.39 is 0 Å². The third-order valence-corrected chi connectivity index (χ3v) is 12.5. The van der Waals surface area contributed by atoms with Crippen LogP contribution in [0.5, 0.6) is 34.5 Å². The fraction of sp³-hybridized carbons (Fsp3) is 0.0351. The monoisotopic (exact) mass is 856 g/mol. The number of nitrogens with zero attached hydrogens (tertiary/aromatic N) is 4. The van der Waals surface area contributed by atoms with Gasteiger partial charge in [0.25, 0.3) is 0 Å². The summed E-state index contributed by atoms with van der Waals surface area (Å²) in [7, 11) is 0. The topological polar surface area (TPSA) is 73.8 Å². The van der Waals surface area contributed by atoms with Crippen molar-refractivity contribution in [3.8, 4) is 34.5 Å². The van der Waals surface area contributed by atoms with Crippen LogP contribution < -0.4 is 39.5 Å². The van der Waals surface area contributed by atoms with Crippen molar-refractivity contribution < 1.29 is 14.2 Å². The molecule has 0 saturated carbocycles. The van der Waals surface area contributed by atoms with Crippen LogP contribution in [0.3, 0.4) is 0 Å². The van der Waals surface area contributed by atoms with Crippen LogP contribution in [0.2, 0.25) is 0 Å². The molecule has 0 bridgehead atoms. The van der Waals surface area contributed by atoms with Crippen LogP contribution in [0.15, 0.2) is 223 Å². The van der Waals surface area contributed by atoms with Crippen LogP contribution in [0.4, 0.5) is 51.2 Å². The maximum absolute atomic E-state index is 6.31. The fourth-order valence-electron chi connectivity index (χ4n) is 9.39. The van der Waals surface area contributed by atoms with Gasteiger partial charge >= 0.3 is 0 Å². The Morgan fingerprint density at radius 3 is 0.985 bits per heavy atom. The molecule has 9 aromatic rings. The molecule has 66 heavy (non-hydrogen) atoms. The van der Waals surface area contributed by atoms with E-state index in [2.05, 4.69) is 135 Å². The van der Waals surface area contributed by atoms with E-state index in [0.717, 1.165) is 108 Å². The number of aliphatic imine (C=N–C) groups is 1. The van der Waals surface area contributed by atoms with Gasteiger partial charge in [-0.3, -0.25) is 5.32 Å². The molecule has 4 aliphatic rings. The first-order valence-electron chi connectivity index (χ1n) is 22.1. The number of ether oxygens (including phenoxy) is 3. The highest BCUT2D eigenvalue weighted by molar-refractivity contribution is 6.00. The second-order valence-electron chi connectivity index (χ2n) is 16.5. The fourth-order valence-corrected chi connectivity index (χ4v) is 9.39. The number of hydrogen-bond donors (Lipinski definition) is 2. The number of amidine groups is 1. The Morgan fingerprint density at radius 1 is 0.333 bits per heavy atom. The van der Waals surface area contributed by atoms with Crippen molar-refractivity contribution in [2.45, 2.75) is 12.3 Å². The van der Waals surface area contributed by atoms with Crippen molar-refractivity contribution in [3.05, 3.63) is 235 Å². The highest BCUT2D eigenvalue weighted by Crippen LogP contribution is 2.53. The molecular weight excluding hydrogens is 817 g/mol. The second-order valence-corrected chi connectivity index (χ2v) is 16.5. The Bertz CT molecular complexity index is 3200. The molecule has 0 saturated heterocycles. The predicted molar refractivity (Wildman–Crippen MR) is 262 cm³/mol. The highest BCUT2D eigenvalue weighted by Gasteiger charge is 2.31. The van der Waals surface area contributed by atoms with Crippen LogP contribution in [-0.4, -0.2) is 5.84 Å². The molecule has 0 radical (unpaired) electrons. The SMILES string of the molecule is c1ccc2c(c1)Oc1ccccc1N2c1ccc(C2=NC(c3ccc(N4c5ccccc5Oc5ccccc54)cc3)NC(c3ccc(N4c5ccccc5Oc5ccccc54)cc3)N2)cc1. The lowest BCUT2D eigenvalue weighted by Gasteiger charge is -2.35. The van der Waals surface area contributed by atoms with Gasteiger partial charge in [0.05, 0.1) is 34.1 Å². The Kier molecular flexibility index (Phi) is 8.85. The zero-order chi connectivity index (χ0) is 43.6. The minimum Gasteiger partial charge on any atom is -0.453 e. The summed E-state index contributed by atoms with van der Waals surface area (Å²) in [5.74, 6) is 5.70. The Labute approximate surface area is 382 Å². The van der Waals surface area contributed by atoms with E-state index in [0.29, 0.717) is 0 Å². The molecular formula is C57H40N6O3. The Balaban J connectivity index is 0.860. The molecule has 0 spiro atoms. The smallest absolute Gasteiger partial charge is 0.151 e. The lowest BCUT2D eigenvalue weighted by molar-refractivity contribution is 0.409. The van der Waals surface area contributed by atoms with E-state index in [1.807, 2.05) is 109 Å². The average molecular weight is 857 g/mol. The molecule has 9 aromatic carbocycles. The van der Waals surface area contributed by atoms with Gasteiger partial charge in [0.15, 0.2) is 34.5 Å². The normalized spacial score (nSPS) is 16.3. The number of nitrogens with one attached hydrogen (secondary N) is 2. The molecule has 2 unspecified atom stereocenters. The molecule has 0 aromatic heterocycles. The average Bonchev–Trinajstić information content (AvgIpc) is 3.39. The molecule has 316 valence electrons. The number of para-hydroxylation sites is 12. The summed E-state index contributed by atoms with van der Waals surface area (Å²) in [6.07, 6.45) is -0.629. The van der Waals surface area contributed by atoms with E-state index >= 15 is 0 Å². The summed E-state index contributed by atoms with van der Waals surface area (Å²) in [5, 5.41) is 7.62. The molecule has 0 fully saturated rings. The van der Waals surface area contributed by atoms with Crippen LogP contribution in [0, 0.1) is 0 Å². The second kappa shape index (κ2) is 15.5. The summed E-state index contributed by atoms with van der Waals surface area (Å²) in [5.41, 5.74) is 12.1. The van der Waals surface area contributed by atoms with Crippen LogP contribution in [0.25, 0.3) is 0 Å². The van der Waals surface area contributed by atoms with E-state index in [9.17, 15) is 0 Å². The van der Waals surface area contributed by atoms with Gasteiger partial charge < -0.3 is 34.2 Å². The minimum absolute atomic E-state index is 0.267. The van der Waals surface area contributed by atoms with Crippen molar-refractivity contribution in [2.75, 3.05) is 14.7 Å². The molecule has 13 rings (SSSR count). The van der Waals surface area contributed by atoms with Crippen molar-refractivity contribution in [3.63, 3.8) is 0 Å². The molecule has 4 heterocycles. The lowest BCUT2D eigenvalue weighted by atomic mass is 10.0. The maximum atomic E-state index is 6.31. The van der Waals surface area contributed by atoms with Gasteiger partial charge in [-0.05, 0) is 132 Å². The number of anilines is 9. The molecule has 2 N–H and O–H groups in total. The van der Waals surface area contributed by atoms with E-state index in [1.54, 1.807) is 0 Å². The van der Waals surface area contributed by atoms with Crippen molar-refractivity contribution in [1.82, 2.24) is 10.6 Å². The zero-order valence-corrected chi connectivity index (χ0v) is 35.5. The van der Waals surface area contributed by atoms with E-state index in [-0.39, 0.29) is 12.3 Å². The van der Waals surface area contributed by atoms with Gasteiger partial charge in [0.1, 0.15) is 18.2 Å². The number of hydrogen-bond acceptors (Lipinski definition) is 9. The summed E-state index contributed by atoms with van der Waals surface area (Å²) in [4.78, 5) is 12.1. The van der Waals surface area contributed by atoms with Gasteiger partial charge in [0, 0.05) is 22.6 Å². The van der Waals surface area contributed by atoms with Crippen LogP contribution in [0.1, 0.15) is 29.0 Å². The van der Waals surface area contributed by atoms with Crippen molar-refractivity contribution in [2.24, 2.45) is 4.99 Å². The maximum Gasteiger partial charge on any atom is 0.151 e. The largest absolute Gasteiger partial charge is 0.453 e. The third kappa shape index (κ3) is 6.40. The van der Waals surface area contributed by atoms with Gasteiger partial charge in [-0.1, -0.05) is 97.1 Å². The number of benzene rings is 9. The first-order valence-corrected chi connectivity index (χ1v) is 22.1. The summed E-state index contributed by atoms with van der Waals surface area (Å²) in [6.45, 7) is 0. The Hall–Kier alpha value is -8.79. The molecule has 2 atom stereocenters. The van der Waals surface area contributed by atoms with Gasteiger partial charge in [-0.2, -0.15) is 0 Å². The molecule has 0 amide bonds. The minimum atomic E-state index is -0.361. The van der Waals surface area contributed by atoms with Crippen LogP contribution in [-0.2, 0) is 0 Å². The first-order chi connectivity index (χ1) is 32.7. The molecule has 0 aliphatic carbocycles. The van der Waals surface area contributed by atoms with Crippen molar-refractivity contribution in [1.29, 1.82) is 0 Å². The molecule has 4 aliphatic heterocycles. The summed E-state index contributed by atoms with van der Waals surface area (Å²) >= 11 is 0. The summed E-state index contributed by atoms with van der Waals surface area (Å²) < 4.78 is 18.9. The van der Waals surface area contributed by atoms with Crippen molar-refractivity contribution >= 4 is 57.0 Å². The predicted octanol–water partition coefficient (Wildman–Crippen LogP) is 14.8. The van der Waals surface area contributed by atoms with Gasteiger partial charge in [-0.15, -0.1) is 0 Å². The number of fused-ring (bicyclic) bond motifs is 6. The standard InChI is InChI=1S/C57H40N6O3/c1-7-19-49-43(13-1)61(44-14-2-8-20-50(44)64-49)40-31-25-37(26-32-40)55-58-56(38-27-33-41(34-28-38)62-45-15-3-9-21-51(45)65-52-22-10-4-16-46(52)62)60-57(59-55)39-29-35-42(36-30-39)63-47-17-5-11-23-53(47)66-54-24-12-6-18-48(54)63/h1-36,55-56,58H,(H,59,60). The third-order valence-electron chi connectivity index (χ3n) is 12.5. The zero-order valence-electron chi connectivity index (χ0n) is 35.5. The molecule has 9 nitrogen and oxygen atoms in total. The van der Waals surface area contributed by atoms with Crippen LogP contribution >= 0.6 is 0 Å². The first kappa shape index (κ1) is 37.7. The molecule has 9 heteroatoms. The number of rotatable bonds is 6. The van der Waals surface area contributed by atoms with E-state index in [4.69, 9.17) is 19.2 Å². The summed E-state index contributed by atoms with van der Waals surface area (Å²) in [6, 6.07) is 75.0. The van der Waals surface area contributed by atoms with E-state index in [1.165, 1.54) is 0 Å². The van der Waals surface area contributed by atoms with Gasteiger partial charge in [-0.25, -0.2) is 4.99 Å². The lowest BCUT2D eigenvalue weighted by Crippen LogP contribution is -2.45. The Morgan fingerprint density at radius 2 is 0.636 bits per heavy atom. The van der Waals surface area contributed by atoms with Gasteiger partial charge in [0.2, 0.25) is 0 Å². The quantitative estimate of drug-likeness (QED) is 0.171.